The number of imidazole rings is 1. The number of hydrogen-bond acceptors (Lipinski definition) is 4. The summed E-state index contributed by atoms with van der Waals surface area (Å²) in [5, 5.41) is 0. The summed E-state index contributed by atoms with van der Waals surface area (Å²) >= 11 is 0. The van der Waals surface area contributed by atoms with Gasteiger partial charge < -0.3 is 10.7 Å². The molecule has 5 nitrogen and oxygen atoms in total. The Kier molecular flexibility index (Phi) is 2.04. The van der Waals surface area contributed by atoms with Crippen LogP contribution in [-0.4, -0.2) is 19.9 Å². The molecule has 3 rings (SSSR count). The quantitative estimate of drug-likeness (QED) is 0.663. The number of anilines is 1. The van der Waals surface area contributed by atoms with Crippen molar-refractivity contribution in [1.29, 1.82) is 0 Å². The number of fused-ring (bicyclic) bond motifs is 1. The number of nitrogens with two attached hydrogens (primary N) is 1. The first kappa shape index (κ1) is 9.77. The van der Waals surface area contributed by atoms with Gasteiger partial charge in [-0.3, -0.25) is 0 Å². The monoisotopic (exact) mass is 225 g/mol. The summed E-state index contributed by atoms with van der Waals surface area (Å²) in [5.41, 5.74) is 9.23. The number of benzene rings is 1. The van der Waals surface area contributed by atoms with E-state index in [-0.39, 0.29) is 0 Å². The van der Waals surface area contributed by atoms with E-state index in [0.717, 1.165) is 11.4 Å². The number of nitrogens with one attached hydrogen (secondary N) is 1. The highest BCUT2D eigenvalue weighted by molar-refractivity contribution is 5.84. The van der Waals surface area contributed by atoms with Crippen molar-refractivity contribution in [2.75, 3.05) is 5.73 Å². The Balaban J connectivity index is 2.22. The minimum atomic E-state index is 0.418. The zero-order valence-electron chi connectivity index (χ0n) is 9.31. The van der Waals surface area contributed by atoms with Crippen molar-refractivity contribution < 1.29 is 0 Å². The van der Waals surface area contributed by atoms with Crippen LogP contribution in [0, 0.1) is 6.92 Å². The van der Waals surface area contributed by atoms with Crippen molar-refractivity contribution >= 4 is 17.0 Å². The lowest BCUT2D eigenvalue weighted by Crippen LogP contribution is -1.91. The molecular formula is C12H11N5. The summed E-state index contributed by atoms with van der Waals surface area (Å²) in [5.74, 6) is 1.18. The van der Waals surface area contributed by atoms with Gasteiger partial charge in [0.25, 0.3) is 0 Å². The van der Waals surface area contributed by atoms with Crippen LogP contribution in [0.25, 0.3) is 22.6 Å². The largest absolute Gasteiger partial charge is 0.382 e. The zero-order chi connectivity index (χ0) is 11.8. The van der Waals surface area contributed by atoms with E-state index in [1.54, 1.807) is 0 Å². The number of aryl methyl sites for hydroxylation is 1. The molecular weight excluding hydrogens is 214 g/mol. The van der Waals surface area contributed by atoms with Crippen LogP contribution in [0.1, 0.15) is 5.56 Å². The lowest BCUT2D eigenvalue weighted by atomic mass is 10.1. The standard InChI is InChI=1S/C12H11N5/c1-7-3-2-4-8(5-7)11-16-9-10(13)14-6-15-12(9)17-11/h2-6H,1H3,(H3,13,14,15,16,17). The van der Waals surface area contributed by atoms with Crippen LogP contribution in [0.2, 0.25) is 0 Å². The predicted octanol–water partition coefficient (Wildman–Crippen LogP) is 1.91. The molecule has 1 aromatic carbocycles. The van der Waals surface area contributed by atoms with E-state index in [1.165, 1.54) is 11.9 Å². The minimum Gasteiger partial charge on any atom is -0.382 e. The van der Waals surface area contributed by atoms with E-state index in [2.05, 4.69) is 26.0 Å². The molecule has 0 fully saturated rings. The van der Waals surface area contributed by atoms with Crippen LogP contribution in [0.15, 0.2) is 30.6 Å². The number of nitrogen functional groups attached to an aromatic ring is 1. The Morgan fingerprint density at radius 3 is 2.88 bits per heavy atom. The molecule has 0 bridgehead atoms. The third-order valence-corrected chi connectivity index (χ3v) is 2.61. The van der Waals surface area contributed by atoms with E-state index in [0.29, 0.717) is 17.0 Å². The number of H-pyrrole nitrogens is 1. The molecule has 0 saturated heterocycles. The minimum absolute atomic E-state index is 0.418. The normalized spacial score (nSPS) is 10.9. The van der Waals surface area contributed by atoms with Crippen molar-refractivity contribution in [2.45, 2.75) is 6.92 Å². The summed E-state index contributed by atoms with van der Waals surface area (Å²) in [6.07, 6.45) is 1.42. The van der Waals surface area contributed by atoms with Crippen LogP contribution < -0.4 is 5.73 Å². The lowest BCUT2D eigenvalue weighted by molar-refractivity contribution is 1.21. The molecule has 3 N–H and O–H groups in total. The van der Waals surface area contributed by atoms with Gasteiger partial charge in [-0.1, -0.05) is 23.8 Å². The topological polar surface area (TPSA) is 80.5 Å². The van der Waals surface area contributed by atoms with Crippen LogP contribution in [-0.2, 0) is 0 Å². The Labute approximate surface area is 97.7 Å². The molecule has 17 heavy (non-hydrogen) atoms. The van der Waals surface area contributed by atoms with Gasteiger partial charge in [0.15, 0.2) is 11.5 Å². The SMILES string of the molecule is Cc1cccc(-c2nc3ncnc(N)c3[nH]2)c1. The smallest absolute Gasteiger partial charge is 0.183 e. The molecule has 0 radical (unpaired) electrons. The molecule has 0 unspecified atom stereocenters. The second-order valence-corrected chi connectivity index (χ2v) is 3.91. The number of aromatic amines is 1. The van der Waals surface area contributed by atoms with Gasteiger partial charge in [0.05, 0.1) is 0 Å². The Morgan fingerprint density at radius 1 is 1.24 bits per heavy atom. The van der Waals surface area contributed by atoms with Gasteiger partial charge in [-0.25, -0.2) is 15.0 Å². The second kappa shape index (κ2) is 3.55. The highest BCUT2D eigenvalue weighted by Crippen LogP contribution is 2.21. The number of aromatic nitrogens is 4. The van der Waals surface area contributed by atoms with Gasteiger partial charge in [0.2, 0.25) is 0 Å². The van der Waals surface area contributed by atoms with Gasteiger partial charge in [0.1, 0.15) is 17.7 Å². The first-order valence-corrected chi connectivity index (χ1v) is 5.27. The highest BCUT2D eigenvalue weighted by atomic mass is 15.0. The van der Waals surface area contributed by atoms with Crippen molar-refractivity contribution in [3.05, 3.63) is 36.2 Å². The summed E-state index contributed by atoms with van der Waals surface area (Å²) in [7, 11) is 0. The first-order valence-electron chi connectivity index (χ1n) is 5.27. The number of rotatable bonds is 1. The van der Waals surface area contributed by atoms with Crippen LogP contribution in [0.4, 0.5) is 5.82 Å². The van der Waals surface area contributed by atoms with E-state index in [4.69, 9.17) is 5.73 Å². The Morgan fingerprint density at radius 2 is 2.12 bits per heavy atom. The fraction of sp³-hybridized carbons (Fsp3) is 0.0833. The van der Waals surface area contributed by atoms with E-state index in [9.17, 15) is 0 Å². The maximum atomic E-state index is 5.76. The molecule has 0 spiro atoms. The molecule has 0 aliphatic carbocycles. The fourth-order valence-corrected chi connectivity index (χ4v) is 1.78. The summed E-state index contributed by atoms with van der Waals surface area (Å²) < 4.78 is 0. The number of nitrogens with zero attached hydrogens (tertiary/aromatic N) is 3. The summed E-state index contributed by atoms with van der Waals surface area (Å²) in [6, 6.07) is 8.09. The first-order chi connectivity index (χ1) is 8.24. The molecule has 0 amide bonds. The van der Waals surface area contributed by atoms with E-state index in [1.807, 2.05) is 25.1 Å². The Bertz CT molecular complexity index is 686. The van der Waals surface area contributed by atoms with Gasteiger partial charge in [-0.05, 0) is 13.0 Å². The Hall–Kier alpha value is -2.43. The molecule has 0 aliphatic heterocycles. The molecule has 2 aromatic heterocycles. The third-order valence-electron chi connectivity index (χ3n) is 2.61. The maximum absolute atomic E-state index is 5.76. The molecule has 0 aliphatic rings. The molecule has 2 heterocycles. The molecule has 84 valence electrons. The van der Waals surface area contributed by atoms with Gasteiger partial charge in [0, 0.05) is 5.56 Å². The van der Waals surface area contributed by atoms with Gasteiger partial charge >= 0.3 is 0 Å². The summed E-state index contributed by atoms with van der Waals surface area (Å²) in [6.45, 7) is 2.04. The number of hydrogen-bond donors (Lipinski definition) is 2. The van der Waals surface area contributed by atoms with Crippen molar-refractivity contribution in [1.82, 2.24) is 19.9 Å². The van der Waals surface area contributed by atoms with Crippen LogP contribution in [0.5, 0.6) is 0 Å². The second-order valence-electron chi connectivity index (χ2n) is 3.91. The van der Waals surface area contributed by atoms with Crippen LogP contribution >= 0.6 is 0 Å². The average Bonchev–Trinajstić information content (AvgIpc) is 2.74. The van der Waals surface area contributed by atoms with Gasteiger partial charge in [-0.2, -0.15) is 0 Å². The van der Waals surface area contributed by atoms with E-state index < -0.39 is 0 Å². The van der Waals surface area contributed by atoms with Crippen molar-refractivity contribution in [2.24, 2.45) is 0 Å². The van der Waals surface area contributed by atoms with Gasteiger partial charge in [-0.15, -0.1) is 0 Å². The molecule has 3 aromatic rings. The maximum Gasteiger partial charge on any atom is 0.183 e. The molecule has 0 saturated carbocycles. The van der Waals surface area contributed by atoms with Crippen LogP contribution in [0.3, 0.4) is 0 Å². The third kappa shape index (κ3) is 1.61. The van der Waals surface area contributed by atoms with Crippen molar-refractivity contribution in [3.8, 4) is 11.4 Å². The molecule has 5 heteroatoms. The lowest BCUT2D eigenvalue weighted by Gasteiger charge is -1.97. The van der Waals surface area contributed by atoms with E-state index >= 15 is 0 Å². The zero-order valence-corrected chi connectivity index (χ0v) is 9.31. The highest BCUT2D eigenvalue weighted by Gasteiger charge is 2.08. The fourth-order valence-electron chi connectivity index (χ4n) is 1.78. The van der Waals surface area contributed by atoms with Crippen molar-refractivity contribution in [3.63, 3.8) is 0 Å². The summed E-state index contributed by atoms with van der Waals surface area (Å²) in [4.78, 5) is 15.5. The average molecular weight is 225 g/mol. The predicted molar refractivity (Wildman–Crippen MR) is 66.3 cm³/mol. The molecule has 0 atom stereocenters.